The van der Waals surface area contributed by atoms with Crippen LogP contribution in [0.3, 0.4) is 0 Å². The standard InChI is InChI=1S/C16H24N2S/c1-2-15(14-7-9-19-16(14)3-1)18-8-6-12(11-18)10-17-13-4-5-13/h7,9,12-13,15,17H,1-6,8,10-11H2. The van der Waals surface area contributed by atoms with Crippen molar-refractivity contribution in [1.82, 2.24) is 10.2 Å². The maximum Gasteiger partial charge on any atom is 0.0359 e. The van der Waals surface area contributed by atoms with Gasteiger partial charge in [0, 0.05) is 23.5 Å². The van der Waals surface area contributed by atoms with Gasteiger partial charge in [0.05, 0.1) is 0 Å². The quantitative estimate of drug-likeness (QED) is 0.908. The third-order valence-corrected chi connectivity index (χ3v) is 6.05. The van der Waals surface area contributed by atoms with Gasteiger partial charge in [-0.15, -0.1) is 11.3 Å². The molecule has 2 fully saturated rings. The molecule has 2 aliphatic carbocycles. The van der Waals surface area contributed by atoms with Crippen molar-refractivity contribution in [2.24, 2.45) is 5.92 Å². The first-order chi connectivity index (χ1) is 9.40. The Bertz CT molecular complexity index is 438. The van der Waals surface area contributed by atoms with Crippen LogP contribution in [-0.4, -0.2) is 30.6 Å². The first-order valence-electron chi connectivity index (χ1n) is 7.94. The second-order valence-corrected chi connectivity index (χ2v) is 7.54. The number of hydrogen-bond acceptors (Lipinski definition) is 3. The van der Waals surface area contributed by atoms with Crippen LogP contribution in [0.5, 0.6) is 0 Å². The topological polar surface area (TPSA) is 15.3 Å². The van der Waals surface area contributed by atoms with E-state index in [0.717, 1.165) is 18.0 Å². The molecule has 2 unspecified atom stereocenters. The molecular weight excluding hydrogens is 252 g/mol. The number of nitrogens with one attached hydrogen (secondary N) is 1. The molecule has 0 spiro atoms. The van der Waals surface area contributed by atoms with E-state index in [9.17, 15) is 0 Å². The minimum Gasteiger partial charge on any atom is -0.314 e. The number of nitrogens with zero attached hydrogens (tertiary/aromatic N) is 1. The van der Waals surface area contributed by atoms with Crippen LogP contribution in [0.4, 0.5) is 0 Å². The number of hydrogen-bond donors (Lipinski definition) is 1. The summed E-state index contributed by atoms with van der Waals surface area (Å²) >= 11 is 1.97. The summed E-state index contributed by atoms with van der Waals surface area (Å²) in [5.74, 6) is 0.893. The Morgan fingerprint density at radius 3 is 3.11 bits per heavy atom. The SMILES string of the molecule is c1cc2c(s1)CCCC2N1CCC(CNC2CC2)C1. The highest BCUT2D eigenvalue weighted by Gasteiger charge is 2.32. The number of likely N-dealkylation sites (tertiary alicyclic amines) is 1. The van der Waals surface area contributed by atoms with Gasteiger partial charge < -0.3 is 5.32 Å². The van der Waals surface area contributed by atoms with Crippen molar-refractivity contribution in [2.75, 3.05) is 19.6 Å². The van der Waals surface area contributed by atoms with E-state index in [2.05, 4.69) is 21.7 Å². The number of aryl methyl sites for hydroxylation is 1. The summed E-state index contributed by atoms with van der Waals surface area (Å²) in [5.41, 5.74) is 1.66. The zero-order valence-corrected chi connectivity index (χ0v) is 12.4. The van der Waals surface area contributed by atoms with Gasteiger partial charge in [-0.05, 0) is 74.5 Å². The Labute approximate surface area is 120 Å². The zero-order chi connectivity index (χ0) is 12.7. The molecule has 2 nitrogen and oxygen atoms in total. The highest BCUT2D eigenvalue weighted by Crippen LogP contribution is 2.39. The molecule has 2 atom stereocenters. The van der Waals surface area contributed by atoms with Gasteiger partial charge in [-0.3, -0.25) is 4.90 Å². The fraction of sp³-hybridized carbons (Fsp3) is 0.750. The number of thiophene rings is 1. The van der Waals surface area contributed by atoms with Gasteiger partial charge in [0.25, 0.3) is 0 Å². The first-order valence-corrected chi connectivity index (χ1v) is 8.82. The largest absolute Gasteiger partial charge is 0.314 e. The van der Waals surface area contributed by atoms with E-state index in [1.165, 1.54) is 58.2 Å². The summed E-state index contributed by atoms with van der Waals surface area (Å²) in [4.78, 5) is 4.43. The van der Waals surface area contributed by atoms with Crippen molar-refractivity contribution in [3.05, 3.63) is 21.9 Å². The van der Waals surface area contributed by atoms with Crippen molar-refractivity contribution in [1.29, 1.82) is 0 Å². The zero-order valence-electron chi connectivity index (χ0n) is 11.6. The van der Waals surface area contributed by atoms with E-state index in [0.29, 0.717) is 0 Å². The van der Waals surface area contributed by atoms with E-state index in [1.54, 1.807) is 10.4 Å². The molecule has 4 rings (SSSR count). The van der Waals surface area contributed by atoms with Crippen LogP contribution in [0.2, 0.25) is 0 Å². The van der Waals surface area contributed by atoms with Gasteiger partial charge >= 0.3 is 0 Å². The Kier molecular flexibility index (Phi) is 3.38. The summed E-state index contributed by atoms with van der Waals surface area (Å²) in [5, 5.41) is 6.01. The third kappa shape index (κ3) is 2.61. The van der Waals surface area contributed by atoms with Crippen LogP contribution in [0.25, 0.3) is 0 Å². The minimum absolute atomic E-state index is 0.737. The lowest BCUT2D eigenvalue weighted by Gasteiger charge is -2.31. The molecule has 0 amide bonds. The summed E-state index contributed by atoms with van der Waals surface area (Å²) < 4.78 is 0. The average Bonchev–Trinajstić information content (AvgIpc) is 2.96. The highest BCUT2D eigenvalue weighted by atomic mass is 32.1. The predicted octanol–water partition coefficient (Wildman–Crippen LogP) is 3.20. The molecule has 19 heavy (non-hydrogen) atoms. The van der Waals surface area contributed by atoms with Gasteiger partial charge in [-0.1, -0.05) is 0 Å². The lowest BCUT2D eigenvalue weighted by atomic mass is 9.93. The lowest BCUT2D eigenvalue weighted by Crippen LogP contribution is -2.31. The van der Waals surface area contributed by atoms with Crippen molar-refractivity contribution in [3.63, 3.8) is 0 Å². The van der Waals surface area contributed by atoms with Crippen molar-refractivity contribution in [3.8, 4) is 0 Å². The normalized spacial score (nSPS) is 31.6. The maximum atomic E-state index is 3.71. The molecule has 1 N–H and O–H groups in total. The van der Waals surface area contributed by atoms with Crippen molar-refractivity contribution in [2.45, 2.75) is 50.6 Å². The van der Waals surface area contributed by atoms with E-state index < -0.39 is 0 Å². The van der Waals surface area contributed by atoms with Crippen LogP contribution in [0.1, 0.15) is 48.6 Å². The van der Waals surface area contributed by atoms with Crippen LogP contribution in [0.15, 0.2) is 11.4 Å². The number of rotatable bonds is 4. The predicted molar refractivity (Wildman–Crippen MR) is 80.7 cm³/mol. The van der Waals surface area contributed by atoms with Crippen molar-refractivity contribution >= 4 is 11.3 Å². The Balaban J connectivity index is 1.38. The summed E-state index contributed by atoms with van der Waals surface area (Å²) in [6.45, 7) is 3.89. The second kappa shape index (κ2) is 5.19. The molecule has 0 bridgehead atoms. The Morgan fingerprint density at radius 1 is 1.26 bits per heavy atom. The molecule has 3 heteroatoms. The monoisotopic (exact) mass is 276 g/mol. The summed E-state index contributed by atoms with van der Waals surface area (Å²) in [7, 11) is 0. The van der Waals surface area contributed by atoms with E-state index in [-0.39, 0.29) is 0 Å². The van der Waals surface area contributed by atoms with Crippen LogP contribution in [-0.2, 0) is 6.42 Å². The Morgan fingerprint density at radius 2 is 2.21 bits per heavy atom. The highest BCUT2D eigenvalue weighted by molar-refractivity contribution is 7.10. The molecular formula is C16H24N2S. The minimum atomic E-state index is 0.737. The molecule has 1 aromatic rings. The van der Waals surface area contributed by atoms with Gasteiger partial charge in [-0.2, -0.15) is 0 Å². The molecule has 0 radical (unpaired) electrons. The van der Waals surface area contributed by atoms with Crippen molar-refractivity contribution < 1.29 is 0 Å². The Hall–Kier alpha value is -0.380. The smallest absolute Gasteiger partial charge is 0.0359 e. The summed E-state index contributed by atoms with van der Waals surface area (Å²) in [6.07, 6.45) is 8.32. The molecule has 1 saturated carbocycles. The molecule has 3 aliphatic rings. The van der Waals surface area contributed by atoms with Crippen LogP contribution >= 0.6 is 11.3 Å². The van der Waals surface area contributed by atoms with Crippen LogP contribution < -0.4 is 5.32 Å². The van der Waals surface area contributed by atoms with Gasteiger partial charge in [0.1, 0.15) is 0 Å². The maximum absolute atomic E-state index is 3.71. The van der Waals surface area contributed by atoms with E-state index in [4.69, 9.17) is 0 Å². The van der Waals surface area contributed by atoms with Gasteiger partial charge in [0.15, 0.2) is 0 Å². The number of fused-ring (bicyclic) bond motifs is 1. The fourth-order valence-electron chi connectivity index (χ4n) is 3.77. The molecule has 1 aromatic heterocycles. The summed E-state index contributed by atoms with van der Waals surface area (Å²) in [6, 6.07) is 3.99. The van der Waals surface area contributed by atoms with Crippen LogP contribution in [0, 0.1) is 5.92 Å². The second-order valence-electron chi connectivity index (χ2n) is 6.54. The average molecular weight is 276 g/mol. The fourth-order valence-corrected chi connectivity index (χ4v) is 4.76. The van der Waals surface area contributed by atoms with E-state index in [1.807, 2.05) is 11.3 Å². The third-order valence-electron chi connectivity index (χ3n) is 5.05. The molecule has 104 valence electrons. The van der Waals surface area contributed by atoms with Gasteiger partial charge in [0.2, 0.25) is 0 Å². The molecule has 1 aliphatic heterocycles. The lowest BCUT2D eigenvalue weighted by molar-refractivity contribution is 0.214. The molecule has 1 saturated heterocycles. The first kappa shape index (κ1) is 12.4. The van der Waals surface area contributed by atoms with Gasteiger partial charge in [-0.25, -0.2) is 0 Å². The van der Waals surface area contributed by atoms with E-state index >= 15 is 0 Å². The molecule has 2 heterocycles. The molecule has 0 aromatic carbocycles.